The number of carbonyl (C=O) groups excluding carboxylic acids is 1. The number of pyridine rings is 1. The molecule has 2 amide bonds. The van der Waals surface area contributed by atoms with Gasteiger partial charge in [-0.05, 0) is 31.9 Å². The summed E-state index contributed by atoms with van der Waals surface area (Å²) >= 11 is 0. The Kier molecular flexibility index (Phi) is 4.57. The van der Waals surface area contributed by atoms with Gasteiger partial charge in [0, 0.05) is 25.4 Å². The Hall–Kier alpha value is -2.41. The molecule has 2 aromatic heterocycles. The number of nitrogens with one attached hydrogen (secondary N) is 2. The number of anilines is 1. The van der Waals surface area contributed by atoms with Crippen molar-refractivity contribution in [1.82, 2.24) is 19.9 Å². The van der Waals surface area contributed by atoms with Gasteiger partial charge in [0.1, 0.15) is 11.9 Å². The van der Waals surface area contributed by atoms with Crippen LogP contribution in [0.2, 0.25) is 0 Å². The Balaban J connectivity index is 1.57. The lowest BCUT2D eigenvalue weighted by Crippen LogP contribution is -2.42. The zero-order chi connectivity index (χ0) is 16.2. The third kappa shape index (κ3) is 3.87. The lowest BCUT2D eigenvalue weighted by Gasteiger charge is -2.30. The predicted molar refractivity (Wildman–Crippen MR) is 86.1 cm³/mol. The van der Waals surface area contributed by atoms with Crippen LogP contribution in [0.1, 0.15) is 30.3 Å². The SMILES string of the molecule is Cc1cccc(NC(=O)N[C@@H]2CCO[C@@H](c3cncn3C)C2)n1. The number of amides is 2. The molecular weight excluding hydrogens is 294 g/mol. The van der Waals surface area contributed by atoms with Crippen molar-refractivity contribution in [3.8, 4) is 0 Å². The second kappa shape index (κ2) is 6.78. The van der Waals surface area contributed by atoms with Crippen LogP contribution in [0.5, 0.6) is 0 Å². The molecule has 0 spiro atoms. The van der Waals surface area contributed by atoms with Crippen LogP contribution in [-0.2, 0) is 11.8 Å². The van der Waals surface area contributed by atoms with Gasteiger partial charge in [-0.25, -0.2) is 14.8 Å². The van der Waals surface area contributed by atoms with Gasteiger partial charge in [-0.1, -0.05) is 6.07 Å². The molecule has 0 unspecified atom stereocenters. The van der Waals surface area contributed by atoms with E-state index >= 15 is 0 Å². The van der Waals surface area contributed by atoms with Crippen LogP contribution in [0, 0.1) is 6.92 Å². The van der Waals surface area contributed by atoms with E-state index in [0.717, 1.165) is 24.2 Å². The lowest BCUT2D eigenvalue weighted by molar-refractivity contribution is -0.00151. The van der Waals surface area contributed by atoms with E-state index in [4.69, 9.17) is 4.74 Å². The van der Waals surface area contributed by atoms with Crippen molar-refractivity contribution in [2.24, 2.45) is 7.05 Å². The van der Waals surface area contributed by atoms with E-state index in [1.165, 1.54) is 0 Å². The van der Waals surface area contributed by atoms with Crippen molar-refractivity contribution in [1.29, 1.82) is 0 Å². The molecule has 1 saturated heterocycles. The van der Waals surface area contributed by atoms with Gasteiger partial charge in [0.05, 0.1) is 18.2 Å². The maximum absolute atomic E-state index is 12.1. The molecular formula is C16H21N5O2. The zero-order valence-electron chi connectivity index (χ0n) is 13.3. The largest absolute Gasteiger partial charge is 0.372 e. The normalized spacial score (nSPS) is 21.0. The van der Waals surface area contributed by atoms with Crippen LogP contribution in [0.3, 0.4) is 0 Å². The predicted octanol–water partition coefficient (Wildman–Crippen LogP) is 2.17. The zero-order valence-corrected chi connectivity index (χ0v) is 13.3. The minimum atomic E-state index is -0.237. The van der Waals surface area contributed by atoms with E-state index < -0.39 is 0 Å². The van der Waals surface area contributed by atoms with E-state index in [1.807, 2.05) is 36.9 Å². The summed E-state index contributed by atoms with van der Waals surface area (Å²) in [5.74, 6) is 0.553. The summed E-state index contributed by atoms with van der Waals surface area (Å²) in [7, 11) is 1.94. The van der Waals surface area contributed by atoms with Crippen LogP contribution < -0.4 is 10.6 Å². The van der Waals surface area contributed by atoms with Crippen molar-refractivity contribution in [3.63, 3.8) is 0 Å². The van der Waals surface area contributed by atoms with Gasteiger partial charge < -0.3 is 14.6 Å². The van der Waals surface area contributed by atoms with Crippen molar-refractivity contribution in [3.05, 3.63) is 42.1 Å². The summed E-state index contributed by atoms with van der Waals surface area (Å²) in [6, 6.07) is 5.35. The van der Waals surface area contributed by atoms with Crippen molar-refractivity contribution < 1.29 is 9.53 Å². The Morgan fingerprint density at radius 1 is 1.43 bits per heavy atom. The number of aromatic nitrogens is 3. The Morgan fingerprint density at radius 2 is 2.30 bits per heavy atom. The second-order valence-electron chi connectivity index (χ2n) is 5.77. The smallest absolute Gasteiger partial charge is 0.320 e. The number of ether oxygens (including phenoxy) is 1. The van der Waals surface area contributed by atoms with Gasteiger partial charge >= 0.3 is 6.03 Å². The molecule has 3 heterocycles. The molecule has 23 heavy (non-hydrogen) atoms. The quantitative estimate of drug-likeness (QED) is 0.909. The van der Waals surface area contributed by atoms with Crippen molar-refractivity contribution in [2.45, 2.75) is 31.9 Å². The fourth-order valence-electron chi connectivity index (χ4n) is 2.76. The number of hydrogen-bond donors (Lipinski definition) is 2. The third-order valence-corrected chi connectivity index (χ3v) is 3.93. The van der Waals surface area contributed by atoms with E-state index in [2.05, 4.69) is 20.6 Å². The Labute approximate surface area is 135 Å². The number of rotatable bonds is 3. The summed E-state index contributed by atoms with van der Waals surface area (Å²) in [4.78, 5) is 20.5. The Morgan fingerprint density at radius 3 is 3.04 bits per heavy atom. The molecule has 2 N–H and O–H groups in total. The first-order chi connectivity index (χ1) is 11.1. The fraction of sp³-hybridized carbons (Fsp3) is 0.438. The maximum atomic E-state index is 12.1. The van der Waals surface area contributed by atoms with Gasteiger partial charge in [-0.2, -0.15) is 0 Å². The van der Waals surface area contributed by atoms with E-state index in [-0.39, 0.29) is 18.2 Å². The maximum Gasteiger partial charge on any atom is 0.320 e. The highest BCUT2D eigenvalue weighted by atomic mass is 16.5. The molecule has 1 fully saturated rings. The summed E-state index contributed by atoms with van der Waals surface area (Å²) in [5.41, 5.74) is 1.89. The Bertz CT molecular complexity index is 685. The van der Waals surface area contributed by atoms with Crippen LogP contribution in [0.4, 0.5) is 10.6 Å². The average molecular weight is 315 g/mol. The standard InChI is InChI=1S/C16H21N5O2/c1-11-4-3-5-15(18-11)20-16(22)19-12-6-7-23-14(8-12)13-9-17-10-21(13)2/h3-5,9-10,12,14H,6-8H2,1-2H3,(H2,18,19,20,22)/t12-,14-/m1/s1. The lowest BCUT2D eigenvalue weighted by atomic mass is 10.0. The molecule has 7 nitrogen and oxygen atoms in total. The molecule has 0 aliphatic carbocycles. The molecule has 7 heteroatoms. The number of nitrogens with zero attached hydrogens (tertiary/aromatic N) is 3. The monoisotopic (exact) mass is 315 g/mol. The van der Waals surface area contributed by atoms with Gasteiger partial charge in [0.2, 0.25) is 0 Å². The first-order valence-electron chi connectivity index (χ1n) is 7.71. The van der Waals surface area contributed by atoms with Gasteiger partial charge in [-0.15, -0.1) is 0 Å². The number of carbonyl (C=O) groups is 1. The minimum Gasteiger partial charge on any atom is -0.372 e. The van der Waals surface area contributed by atoms with Crippen LogP contribution in [0.25, 0.3) is 0 Å². The molecule has 0 saturated carbocycles. The first kappa shape index (κ1) is 15.5. The fourth-order valence-corrected chi connectivity index (χ4v) is 2.76. The first-order valence-corrected chi connectivity index (χ1v) is 7.71. The number of hydrogen-bond acceptors (Lipinski definition) is 4. The molecule has 1 aliphatic heterocycles. The summed E-state index contributed by atoms with van der Waals surface area (Å²) < 4.78 is 7.75. The minimum absolute atomic E-state index is 0.0429. The third-order valence-electron chi connectivity index (χ3n) is 3.93. The molecule has 0 radical (unpaired) electrons. The van der Waals surface area contributed by atoms with Crippen molar-refractivity contribution >= 4 is 11.8 Å². The number of urea groups is 1. The van der Waals surface area contributed by atoms with Gasteiger partial charge in [0.25, 0.3) is 0 Å². The van der Waals surface area contributed by atoms with Crippen LogP contribution in [0.15, 0.2) is 30.7 Å². The number of imidazole rings is 1. The molecule has 1 aliphatic rings. The summed E-state index contributed by atoms with van der Waals surface area (Å²) in [6.07, 6.45) is 5.05. The van der Waals surface area contributed by atoms with Gasteiger partial charge in [-0.3, -0.25) is 5.32 Å². The highest BCUT2D eigenvalue weighted by Gasteiger charge is 2.26. The molecule has 0 aromatic carbocycles. The van der Waals surface area contributed by atoms with E-state index in [1.54, 1.807) is 12.4 Å². The van der Waals surface area contributed by atoms with Crippen molar-refractivity contribution in [2.75, 3.05) is 11.9 Å². The number of aryl methyl sites for hydroxylation is 2. The highest BCUT2D eigenvalue weighted by molar-refractivity contribution is 5.88. The molecule has 0 bridgehead atoms. The topological polar surface area (TPSA) is 81.1 Å². The molecule has 2 atom stereocenters. The highest BCUT2D eigenvalue weighted by Crippen LogP contribution is 2.27. The van der Waals surface area contributed by atoms with Crippen LogP contribution in [-0.4, -0.2) is 33.2 Å². The van der Waals surface area contributed by atoms with E-state index in [0.29, 0.717) is 12.4 Å². The summed E-state index contributed by atoms with van der Waals surface area (Å²) in [5, 5.41) is 5.77. The van der Waals surface area contributed by atoms with E-state index in [9.17, 15) is 4.79 Å². The van der Waals surface area contributed by atoms with Crippen LogP contribution >= 0.6 is 0 Å². The molecule has 122 valence electrons. The summed E-state index contributed by atoms with van der Waals surface area (Å²) in [6.45, 7) is 2.50. The average Bonchev–Trinajstić information content (AvgIpc) is 2.93. The second-order valence-corrected chi connectivity index (χ2v) is 5.77. The van der Waals surface area contributed by atoms with Gasteiger partial charge in [0.15, 0.2) is 0 Å². The molecule has 2 aromatic rings. The molecule has 3 rings (SSSR count).